The highest BCUT2D eigenvalue weighted by atomic mass is 79.9. The van der Waals surface area contributed by atoms with Gasteiger partial charge in [0.05, 0.1) is 21.3 Å². The van der Waals surface area contributed by atoms with Gasteiger partial charge in [0.25, 0.3) is 5.91 Å². The number of hydrogen-bond acceptors (Lipinski definition) is 4. The minimum atomic E-state index is -0.226. The molecule has 2 aromatic carbocycles. The van der Waals surface area contributed by atoms with E-state index >= 15 is 0 Å². The number of anilines is 1. The Kier molecular flexibility index (Phi) is 6.91. The van der Waals surface area contributed by atoms with E-state index in [2.05, 4.69) is 35.1 Å². The van der Waals surface area contributed by atoms with E-state index in [1.807, 2.05) is 12.1 Å². The molecular weight excluding hydrogens is 398 g/mol. The predicted octanol–water partition coefficient (Wildman–Crippen LogP) is 4.85. The molecule has 0 aliphatic rings. The van der Waals surface area contributed by atoms with Crippen molar-refractivity contribution in [3.05, 3.63) is 45.4 Å². The molecule has 0 bridgehead atoms. The number of methoxy groups -OCH3 is 3. The molecule has 140 valence electrons. The van der Waals surface area contributed by atoms with Gasteiger partial charge in [0, 0.05) is 15.7 Å². The van der Waals surface area contributed by atoms with E-state index in [1.165, 1.54) is 21.3 Å². The molecule has 0 aliphatic heterocycles. The van der Waals surface area contributed by atoms with E-state index in [0.29, 0.717) is 22.8 Å². The number of amides is 1. The summed E-state index contributed by atoms with van der Waals surface area (Å²) < 4.78 is 17.0. The first-order valence-electron chi connectivity index (χ1n) is 8.41. The molecule has 0 saturated carbocycles. The largest absolute Gasteiger partial charge is 0.493 e. The van der Waals surface area contributed by atoms with Crippen molar-refractivity contribution in [1.82, 2.24) is 0 Å². The number of carbonyl (C=O) groups is 1. The molecule has 5 nitrogen and oxygen atoms in total. The van der Waals surface area contributed by atoms with Gasteiger partial charge in [-0.2, -0.15) is 0 Å². The van der Waals surface area contributed by atoms with Crippen LogP contribution in [0.2, 0.25) is 0 Å². The van der Waals surface area contributed by atoms with E-state index < -0.39 is 0 Å². The fraction of sp³-hybridized carbons (Fsp3) is 0.350. The Labute approximate surface area is 162 Å². The number of carbonyl (C=O) groups excluding carboxylic acids is 1. The predicted molar refractivity (Wildman–Crippen MR) is 107 cm³/mol. The third-order valence-corrected chi connectivity index (χ3v) is 4.65. The normalized spacial score (nSPS) is 10.4. The van der Waals surface area contributed by atoms with Gasteiger partial charge in [-0.05, 0) is 48.2 Å². The highest BCUT2D eigenvalue weighted by Gasteiger charge is 2.19. The topological polar surface area (TPSA) is 56.8 Å². The Bertz CT molecular complexity index is 754. The highest BCUT2D eigenvalue weighted by Crippen LogP contribution is 2.38. The Balaban J connectivity index is 2.45. The van der Waals surface area contributed by atoms with Gasteiger partial charge >= 0.3 is 0 Å². The SMILES string of the molecule is CCc1cc(Br)cc(CC)c1NC(=O)c1cc(OC)c(OC)c(OC)c1. The lowest BCUT2D eigenvalue weighted by atomic mass is 10.0. The summed E-state index contributed by atoms with van der Waals surface area (Å²) in [5.74, 6) is 1.12. The van der Waals surface area contributed by atoms with Gasteiger partial charge in [-0.25, -0.2) is 0 Å². The Morgan fingerprint density at radius 2 is 1.42 bits per heavy atom. The van der Waals surface area contributed by atoms with E-state index in [9.17, 15) is 4.79 Å². The minimum Gasteiger partial charge on any atom is -0.493 e. The standard InChI is InChI=1S/C20H24BrNO4/c1-6-12-8-15(21)9-13(7-2)18(12)22-20(23)14-10-16(24-3)19(26-5)17(11-14)25-4/h8-11H,6-7H2,1-5H3,(H,22,23). The van der Waals surface area contributed by atoms with E-state index in [-0.39, 0.29) is 5.91 Å². The van der Waals surface area contributed by atoms with Crippen molar-refractivity contribution in [2.45, 2.75) is 26.7 Å². The second-order valence-electron chi connectivity index (χ2n) is 5.67. The Hall–Kier alpha value is -2.21. The van der Waals surface area contributed by atoms with Crippen LogP contribution in [-0.2, 0) is 12.8 Å². The second kappa shape index (κ2) is 8.94. The first-order chi connectivity index (χ1) is 12.5. The maximum Gasteiger partial charge on any atom is 0.255 e. The Morgan fingerprint density at radius 3 is 1.81 bits per heavy atom. The lowest BCUT2D eigenvalue weighted by Crippen LogP contribution is -2.15. The number of benzene rings is 2. The molecule has 2 rings (SSSR count). The molecule has 0 atom stereocenters. The van der Waals surface area contributed by atoms with Crippen LogP contribution in [0, 0.1) is 0 Å². The zero-order valence-electron chi connectivity index (χ0n) is 15.7. The van der Waals surface area contributed by atoms with Crippen molar-refractivity contribution in [2.24, 2.45) is 0 Å². The van der Waals surface area contributed by atoms with Crippen LogP contribution in [0.25, 0.3) is 0 Å². The van der Waals surface area contributed by atoms with Crippen LogP contribution in [0.3, 0.4) is 0 Å². The molecule has 6 heteroatoms. The summed E-state index contributed by atoms with van der Waals surface area (Å²) in [5, 5.41) is 3.05. The number of aryl methyl sites for hydroxylation is 2. The quantitative estimate of drug-likeness (QED) is 0.693. The second-order valence-corrected chi connectivity index (χ2v) is 6.59. The monoisotopic (exact) mass is 421 g/mol. The van der Waals surface area contributed by atoms with E-state index in [0.717, 1.165) is 34.1 Å². The average Bonchev–Trinajstić information content (AvgIpc) is 2.67. The number of nitrogens with one attached hydrogen (secondary N) is 1. The highest BCUT2D eigenvalue weighted by molar-refractivity contribution is 9.10. The summed E-state index contributed by atoms with van der Waals surface area (Å²) in [6.07, 6.45) is 1.63. The van der Waals surface area contributed by atoms with Crippen LogP contribution in [0.4, 0.5) is 5.69 Å². The number of rotatable bonds is 7. The smallest absolute Gasteiger partial charge is 0.255 e. The third-order valence-electron chi connectivity index (χ3n) is 4.19. The fourth-order valence-electron chi connectivity index (χ4n) is 2.84. The summed E-state index contributed by atoms with van der Waals surface area (Å²) in [5.41, 5.74) is 3.46. The van der Waals surface area contributed by atoms with Crippen molar-refractivity contribution in [3.8, 4) is 17.2 Å². The van der Waals surface area contributed by atoms with Crippen LogP contribution in [0.15, 0.2) is 28.7 Å². The first-order valence-corrected chi connectivity index (χ1v) is 9.20. The lowest BCUT2D eigenvalue weighted by molar-refractivity contribution is 0.102. The zero-order valence-corrected chi connectivity index (χ0v) is 17.3. The summed E-state index contributed by atoms with van der Waals surface area (Å²) in [6.45, 7) is 4.13. The van der Waals surface area contributed by atoms with Gasteiger partial charge < -0.3 is 19.5 Å². The first kappa shape index (κ1) is 20.1. The zero-order chi connectivity index (χ0) is 19.3. The molecule has 0 saturated heterocycles. The van der Waals surface area contributed by atoms with Crippen molar-refractivity contribution in [3.63, 3.8) is 0 Å². The van der Waals surface area contributed by atoms with Crippen LogP contribution < -0.4 is 19.5 Å². The summed E-state index contributed by atoms with van der Waals surface area (Å²) in [7, 11) is 4.58. The summed E-state index contributed by atoms with van der Waals surface area (Å²) in [6, 6.07) is 7.35. The molecule has 0 aliphatic carbocycles. The molecule has 0 fully saturated rings. The van der Waals surface area contributed by atoms with Crippen LogP contribution in [-0.4, -0.2) is 27.2 Å². The molecule has 1 amide bonds. The van der Waals surface area contributed by atoms with Gasteiger partial charge in [0.15, 0.2) is 11.5 Å². The molecule has 2 aromatic rings. The molecule has 0 aromatic heterocycles. The lowest BCUT2D eigenvalue weighted by Gasteiger charge is -2.17. The van der Waals surface area contributed by atoms with E-state index in [4.69, 9.17) is 14.2 Å². The fourth-order valence-corrected chi connectivity index (χ4v) is 3.39. The molecule has 0 radical (unpaired) electrons. The third kappa shape index (κ3) is 4.12. The van der Waals surface area contributed by atoms with Gasteiger partial charge in [-0.3, -0.25) is 4.79 Å². The molecule has 0 unspecified atom stereocenters. The average molecular weight is 422 g/mol. The molecule has 1 N–H and O–H groups in total. The van der Waals surface area contributed by atoms with Crippen molar-refractivity contribution < 1.29 is 19.0 Å². The summed E-state index contributed by atoms with van der Waals surface area (Å²) in [4.78, 5) is 12.9. The van der Waals surface area contributed by atoms with Gasteiger partial charge in [0.1, 0.15) is 0 Å². The number of hydrogen-bond donors (Lipinski definition) is 1. The van der Waals surface area contributed by atoms with Crippen LogP contribution in [0.1, 0.15) is 35.3 Å². The summed E-state index contributed by atoms with van der Waals surface area (Å²) >= 11 is 3.53. The molecule has 26 heavy (non-hydrogen) atoms. The minimum absolute atomic E-state index is 0.226. The van der Waals surface area contributed by atoms with Crippen molar-refractivity contribution >= 4 is 27.5 Å². The van der Waals surface area contributed by atoms with E-state index in [1.54, 1.807) is 12.1 Å². The van der Waals surface area contributed by atoms with Gasteiger partial charge in [0.2, 0.25) is 5.75 Å². The maximum atomic E-state index is 12.9. The van der Waals surface area contributed by atoms with Crippen molar-refractivity contribution in [1.29, 1.82) is 0 Å². The van der Waals surface area contributed by atoms with Crippen molar-refractivity contribution in [2.75, 3.05) is 26.6 Å². The molecule has 0 spiro atoms. The van der Waals surface area contributed by atoms with Crippen LogP contribution in [0.5, 0.6) is 17.2 Å². The molecular formula is C20H24BrNO4. The van der Waals surface area contributed by atoms with Crippen LogP contribution >= 0.6 is 15.9 Å². The number of halogens is 1. The number of ether oxygens (including phenoxy) is 3. The maximum absolute atomic E-state index is 12.9. The Morgan fingerprint density at radius 1 is 0.923 bits per heavy atom. The van der Waals surface area contributed by atoms with Gasteiger partial charge in [-0.1, -0.05) is 29.8 Å². The molecule has 0 heterocycles. The van der Waals surface area contributed by atoms with Gasteiger partial charge in [-0.15, -0.1) is 0 Å².